The number of rotatable bonds is 2. The minimum Gasteiger partial charge on any atom is -0.481 e. The van der Waals surface area contributed by atoms with Crippen LogP contribution in [0.25, 0.3) is 11.0 Å². The van der Waals surface area contributed by atoms with Crippen molar-refractivity contribution >= 4 is 16.9 Å². The van der Waals surface area contributed by atoms with Crippen molar-refractivity contribution in [3.05, 3.63) is 35.8 Å². The molecule has 1 aliphatic carbocycles. The van der Waals surface area contributed by atoms with E-state index in [-0.39, 0.29) is 0 Å². The predicted octanol–water partition coefficient (Wildman–Crippen LogP) is 3.86. The van der Waals surface area contributed by atoms with Gasteiger partial charge in [-0.3, -0.25) is 4.79 Å². The molecule has 1 aromatic heterocycles. The van der Waals surface area contributed by atoms with E-state index in [2.05, 4.69) is 0 Å². The van der Waals surface area contributed by atoms with Crippen molar-refractivity contribution in [2.75, 3.05) is 0 Å². The van der Waals surface area contributed by atoms with E-state index in [0.717, 1.165) is 24.6 Å². The molecule has 0 amide bonds. The van der Waals surface area contributed by atoms with E-state index in [1.54, 1.807) is 12.1 Å². The number of fused-ring (bicyclic) bond motifs is 1. The second-order valence-corrected chi connectivity index (χ2v) is 5.24. The molecule has 1 heterocycles. The zero-order valence-corrected chi connectivity index (χ0v) is 10.5. The molecule has 1 saturated carbocycles. The molecule has 1 aromatic carbocycles. The summed E-state index contributed by atoms with van der Waals surface area (Å²) in [6.07, 6.45) is 5.17. The zero-order chi connectivity index (χ0) is 13.5. The van der Waals surface area contributed by atoms with Gasteiger partial charge in [0.2, 0.25) is 0 Å². The maximum absolute atomic E-state index is 14.3. The Morgan fingerprint density at radius 1 is 1.26 bits per heavy atom. The van der Waals surface area contributed by atoms with Crippen LogP contribution in [0.1, 0.15) is 37.7 Å². The van der Waals surface area contributed by atoms with Crippen LogP contribution < -0.4 is 0 Å². The third-order valence-corrected chi connectivity index (χ3v) is 4.17. The van der Waals surface area contributed by atoms with Gasteiger partial charge < -0.3 is 9.52 Å². The van der Waals surface area contributed by atoms with Gasteiger partial charge in [0.05, 0.1) is 11.7 Å². The van der Waals surface area contributed by atoms with E-state index in [0.29, 0.717) is 24.0 Å². The van der Waals surface area contributed by atoms with Crippen molar-refractivity contribution < 1.29 is 18.7 Å². The zero-order valence-electron chi connectivity index (χ0n) is 10.5. The van der Waals surface area contributed by atoms with Gasteiger partial charge in [-0.25, -0.2) is 4.39 Å². The molecule has 3 nitrogen and oxygen atoms in total. The number of halogens is 1. The van der Waals surface area contributed by atoms with E-state index in [1.807, 2.05) is 0 Å². The van der Waals surface area contributed by atoms with Crippen molar-refractivity contribution in [2.45, 2.75) is 37.5 Å². The van der Waals surface area contributed by atoms with E-state index < -0.39 is 17.2 Å². The fraction of sp³-hybridized carbons (Fsp3) is 0.400. The number of benzene rings is 1. The highest BCUT2D eigenvalue weighted by atomic mass is 19.1. The highest BCUT2D eigenvalue weighted by molar-refractivity contribution is 5.85. The molecule has 0 bridgehead atoms. The maximum atomic E-state index is 14.3. The molecule has 1 fully saturated rings. The lowest BCUT2D eigenvalue weighted by Crippen LogP contribution is -2.38. The Bertz CT molecular complexity index is 623. The van der Waals surface area contributed by atoms with Crippen molar-refractivity contribution in [3.8, 4) is 0 Å². The van der Waals surface area contributed by atoms with Crippen molar-refractivity contribution in [1.82, 2.24) is 0 Å². The highest BCUT2D eigenvalue weighted by Crippen LogP contribution is 2.42. The van der Waals surface area contributed by atoms with Crippen LogP contribution in [0.4, 0.5) is 4.39 Å². The second-order valence-electron chi connectivity index (χ2n) is 5.24. The highest BCUT2D eigenvalue weighted by Gasteiger charge is 2.43. The van der Waals surface area contributed by atoms with Crippen molar-refractivity contribution in [2.24, 2.45) is 0 Å². The number of furan rings is 1. The Morgan fingerprint density at radius 3 is 2.68 bits per heavy atom. The number of carboxylic acid groups (broad SMARTS) is 1. The van der Waals surface area contributed by atoms with Crippen LogP contribution in [0.5, 0.6) is 0 Å². The lowest BCUT2D eigenvalue weighted by Gasteiger charge is -2.33. The second kappa shape index (κ2) is 4.37. The standard InChI is InChI=1S/C15H15FO3/c16-12-9-13-10(4-7-19-13)8-11(12)15(14(17)18)5-2-1-3-6-15/h4,7-9H,1-3,5-6H2,(H,17,18). The molecule has 0 spiro atoms. The van der Waals surface area contributed by atoms with Gasteiger partial charge >= 0.3 is 5.97 Å². The van der Waals surface area contributed by atoms with Gasteiger partial charge in [0.15, 0.2) is 0 Å². The average molecular weight is 262 g/mol. The van der Waals surface area contributed by atoms with Crippen molar-refractivity contribution in [1.29, 1.82) is 0 Å². The minimum atomic E-state index is -1.08. The van der Waals surface area contributed by atoms with Crippen LogP contribution in [-0.4, -0.2) is 11.1 Å². The van der Waals surface area contributed by atoms with Crippen LogP contribution in [0.3, 0.4) is 0 Å². The average Bonchev–Trinajstić information content (AvgIpc) is 2.85. The minimum absolute atomic E-state index is 0.300. The summed E-state index contributed by atoms with van der Waals surface area (Å²) in [6.45, 7) is 0. The van der Waals surface area contributed by atoms with Crippen LogP contribution in [0, 0.1) is 5.82 Å². The molecule has 19 heavy (non-hydrogen) atoms. The molecular weight excluding hydrogens is 247 g/mol. The molecule has 100 valence electrons. The topological polar surface area (TPSA) is 50.4 Å². The quantitative estimate of drug-likeness (QED) is 0.894. The maximum Gasteiger partial charge on any atom is 0.314 e. The lowest BCUT2D eigenvalue weighted by molar-refractivity contribution is -0.145. The third kappa shape index (κ3) is 1.82. The van der Waals surface area contributed by atoms with Gasteiger partial charge in [0.1, 0.15) is 11.4 Å². The number of aliphatic carboxylic acids is 1. The Kier molecular flexibility index (Phi) is 2.81. The summed E-state index contributed by atoms with van der Waals surface area (Å²) in [7, 11) is 0. The number of hydrogen-bond acceptors (Lipinski definition) is 2. The predicted molar refractivity (Wildman–Crippen MR) is 68.6 cm³/mol. The molecule has 0 unspecified atom stereocenters. The summed E-state index contributed by atoms with van der Waals surface area (Å²) in [5, 5.41) is 10.4. The fourth-order valence-electron chi connectivity index (χ4n) is 3.11. The van der Waals surface area contributed by atoms with E-state index in [1.165, 1.54) is 12.3 Å². The van der Waals surface area contributed by atoms with Crippen LogP contribution in [-0.2, 0) is 10.2 Å². The van der Waals surface area contributed by atoms with E-state index >= 15 is 0 Å². The molecule has 1 N–H and O–H groups in total. The largest absolute Gasteiger partial charge is 0.481 e. The van der Waals surface area contributed by atoms with E-state index in [9.17, 15) is 14.3 Å². The first-order valence-electron chi connectivity index (χ1n) is 6.54. The summed E-state index contributed by atoms with van der Waals surface area (Å²) in [4.78, 5) is 11.7. The fourth-order valence-corrected chi connectivity index (χ4v) is 3.11. The summed E-state index contributed by atoms with van der Waals surface area (Å²) >= 11 is 0. The molecule has 3 rings (SSSR count). The van der Waals surface area contributed by atoms with Gasteiger partial charge in [-0.2, -0.15) is 0 Å². The summed E-state index contributed by atoms with van der Waals surface area (Å²) in [6, 6.07) is 4.66. The number of carboxylic acids is 1. The van der Waals surface area contributed by atoms with Gasteiger partial charge in [0.25, 0.3) is 0 Å². The van der Waals surface area contributed by atoms with Gasteiger partial charge in [-0.15, -0.1) is 0 Å². The molecule has 1 aliphatic rings. The monoisotopic (exact) mass is 262 g/mol. The molecule has 4 heteroatoms. The molecule has 0 aliphatic heterocycles. The summed E-state index contributed by atoms with van der Waals surface area (Å²) in [5.41, 5.74) is -0.320. The summed E-state index contributed by atoms with van der Waals surface area (Å²) < 4.78 is 19.4. The first-order valence-corrected chi connectivity index (χ1v) is 6.54. The van der Waals surface area contributed by atoms with Crippen LogP contribution in [0.15, 0.2) is 28.9 Å². The van der Waals surface area contributed by atoms with Crippen LogP contribution >= 0.6 is 0 Å². The first-order chi connectivity index (χ1) is 9.13. The Labute approximate surface area is 110 Å². The molecular formula is C15H15FO3. The van der Waals surface area contributed by atoms with Crippen molar-refractivity contribution in [3.63, 3.8) is 0 Å². The van der Waals surface area contributed by atoms with Gasteiger partial charge in [-0.1, -0.05) is 19.3 Å². The van der Waals surface area contributed by atoms with Crippen LogP contribution in [0.2, 0.25) is 0 Å². The van der Waals surface area contributed by atoms with Gasteiger partial charge in [0, 0.05) is 17.0 Å². The molecule has 0 atom stereocenters. The smallest absolute Gasteiger partial charge is 0.314 e. The molecule has 2 aromatic rings. The number of hydrogen-bond donors (Lipinski definition) is 1. The summed E-state index contributed by atoms with van der Waals surface area (Å²) in [5.74, 6) is -1.40. The Hall–Kier alpha value is -1.84. The third-order valence-electron chi connectivity index (χ3n) is 4.17. The van der Waals surface area contributed by atoms with Gasteiger partial charge in [-0.05, 0) is 25.0 Å². The lowest BCUT2D eigenvalue weighted by atomic mass is 9.69. The molecule has 0 radical (unpaired) electrons. The SMILES string of the molecule is O=C(O)C1(c2cc3ccoc3cc2F)CCCCC1. The Morgan fingerprint density at radius 2 is 2.00 bits per heavy atom. The Balaban J connectivity index is 2.19. The normalized spacial score (nSPS) is 18.6. The number of carbonyl (C=O) groups is 1. The first kappa shape index (κ1) is 12.2. The van der Waals surface area contributed by atoms with E-state index in [4.69, 9.17) is 4.42 Å². The molecule has 0 saturated heterocycles.